The number of amides is 2. The molecule has 21 heavy (non-hydrogen) atoms. The van der Waals surface area contributed by atoms with Crippen molar-refractivity contribution >= 4 is 17.4 Å². The van der Waals surface area contributed by atoms with Crippen molar-refractivity contribution in [2.75, 3.05) is 6.54 Å². The van der Waals surface area contributed by atoms with Crippen LogP contribution in [0.4, 0.5) is 4.79 Å². The topological polar surface area (TPSA) is 63.1 Å². The third kappa shape index (κ3) is 2.78. The van der Waals surface area contributed by atoms with Crippen LogP contribution in [0.1, 0.15) is 43.2 Å². The predicted octanol–water partition coefficient (Wildman–Crippen LogP) is 2.48. The molecule has 3 rings (SSSR count). The lowest BCUT2D eigenvalue weighted by Gasteiger charge is -2.26. The molecule has 0 radical (unpaired) electrons. The van der Waals surface area contributed by atoms with Gasteiger partial charge >= 0.3 is 6.03 Å². The highest BCUT2D eigenvalue weighted by Gasteiger charge is 2.31. The Labute approximate surface area is 127 Å². The van der Waals surface area contributed by atoms with Gasteiger partial charge in [0, 0.05) is 13.6 Å². The second-order valence-corrected chi connectivity index (χ2v) is 6.16. The van der Waals surface area contributed by atoms with E-state index >= 15 is 0 Å². The normalized spacial score (nSPS) is 19.7. The lowest BCUT2D eigenvalue weighted by Crippen LogP contribution is -2.41. The first-order valence-corrected chi connectivity index (χ1v) is 8.04. The zero-order chi connectivity index (χ0) is 14.8. The van der Waals surface area contributed by atoms with Crippen LogP contribution >= 0.6 is 11.3 Å². The number of hydrogen-bond acceptors (Lipinski definition) is 4. The third-order valence-electron chi connectivity index (χ3n) is 3.92. The number of carbonyl (C=O) groups excluding carboxylic acids is 1. The highest BCUT2D eigenvalue weighted by molar-refractivity contribution is 7.07. The molecule has 2 atom stereocenters. The first-order valence-electron chi connectivity index (χ1n) is 7.10. The van der Waals surface area contributed by atoms with Gasteiger partial charge in [-0.3, -0.25) is 0 Å². The molecule has 2 unspecified atom stereocenters. The Kier molecular flexibility index (Phi) is 3.92. The van der Waals surface area contributed by atoms with Crippen LogP contribution in [0.15, 0.2) is 23.2 Å². The van der Waals surface area contributed by atoms with E-state index in [1.807, 2.05) is 23.4 Å². The van der Waals surface area contributed by atoms with Crippen molar-refractivity contribution in [1.82, 2.24) is 25.0 Å². The van der Waals surface area contributed by atoms with Gasteiger partial charge in [-0.1, -0.05) is 0 Å². The second-order valence-electron chi connectivity index (χ2n) is 5.38. The molecule has 1 saturated heterocycles. The molecule has 1 aliphatic rings. The molecule has 0 aromatic carbocycles. The fraction of sp³-hybridized carbons (Fsp3) is 0.500. The van der Waals surface area contributed by atoms with Crippen molar-refractivity contribution in [1.29, 1.82) is 0 Å². The molecule has 7 heteroatoms. The highest BCUT2D eigenvalue weighted by atomic mass is 32.1. The monoisotopic (exact) mass is 305 g/mol. The maximum atomic E-state index is 12.5. The van der Waals surface area contributed by atoms with Gasteiger partial charge in [0.2, 0.25) is 0 Å². The predicted molar refractivity (Wildman–Crippen MR) is 80.9 cm³/mol. The molecule has 1 fully saturated rings. The molecular formula is C14H19N5OS. The molecule has 0 bridgehead atoms. The molecule has 0 saturated carbocycles. The van der Waals surface area contributed by atoms with Gasteiger partial charge in [-0.15, -0.1) is 10.2 Å². The summed E-state index contributed by atoms with van der Waals surface area (Å²) in [5.74, 6) is 0.759. The minimum absolute atomic E-state index is 0.0285. The summed E-state index contributed by atoms with van der Waals surface area (Å²) in [6.07, 6.45) is 3.72. The summed E-state index contributed by atoms with van der Waals surface area (Å²) in [6.45, 7) is 2.73. The summed E-state index contributed by atoms with van der Waals surface area (Å²) in [6, 6.07) is 2.11. The zero-order valence-corrected chi connectivity index (χ0v) is 13.0. The molecule has 6 nitrogen and oxygen atoms in total. The number of nitrogens with zero attached hydrogens (tertiary/aromatic N) is 4. The van der Waals surface area contributed by atoms with Gasteiger partial charge in [-0.25, -0.2) is 4.79 Å². The molecule has 1 N–H and O–H groups in total. The fourth-order valence-electron chi connectivity index (χ4n) is 2.84. The van der Waals surface area contributed by atoms with E-state index in [1.54, 1.807) is 17.7 Å². The van der Waals surface area contributed by atoms with Gasteiger partial charge < -0.3 is 14.8 Å². The van der Waals surface area contributed by atoms with Crippen molar-refractivity contribution in [3.8, 4) is 0 Å². The Hall–Kier alpha value is -1.89. The number of thiophene rings is 1. The molecule has 1 aliphatic heterocycles. The summed E-state index contributed by atoms with van der Waals surface area (Å²) in [4.78, 5) is 14.5. The maximum Gasteiger partial charge on any atom is 0.318 e. The lowest BCUT2D eigenvalue weighted by molar-refractivity contribution is 0.189. The summed E-state index contributed by atoms with van der Waals surface area (Å²) in [7, 11) is 1.88. The minimum atomic E-state index is -0.159. The van der Waals surface area contributed by atoms with Crippen LogP contribution in [-0.2, 0) is 7.05 Å². The van der Waals surface area contributed by atoms with Crippen LogP contribution in [0.5, 0.6) is 0 Å². The van der Waals surface area contributed by atoms with Crippen molar-refractivity contribution in [3.05, 3.63) is 34.5 Å². The Morgan fingerprint density at radius 1 is 1.57 bits per heavy atom. The summed E-state index contributed by atoms with van der Waals surface area (Å²) >= 11 is 1.67. The number of urea groups is 1. The molecule has 0 spiro atoms. The Balaban J connectivity index is 1.69. The second kappa shape index (κ2) is 5.85. The van der Waals surface area contributed by atoms with Gasteiger partial charge in [0.1, 0.15) is 6.33 Å². The molecule has 0 aliphatic carbocycles. The van der Waals surface area contributed by atoms with Crippen LogP contribution in [0.2, 0.25) is 0 Å². The van der Waals surface area contributed by atoms with Crippen molar-refractivity contribution in [2.24, 2.45) is 7.05 Å². The van der Waals surface area contributed by atoms with E-state index in [4.69, 9.17) is 0 Å². The first-order chi connectivity index (χ1) is 10.2. The molecule has 112 valence electrons. The largest absolute Gasteiger partial charge is 0.328 e. The molecule has 2 aromatic rings. The van der Waals surface area contributed by atoms with Crippen molar-refractivity contribution in [2.45, 2.75) is 31.8 Å². The minimum Gasteiger partial charge on any atom is -0.328 e. The highest BCUT2D eigenvalue weighted by Crippen LogP contribution is 2.33. The van der Waals surface area contributed by atoms with Crippen molar-refractivity contribution < 1.29 is 4.79 Å². The van der Waals surface area contributed by atoms with Crippen LogP contribution < -0.4 is 5.32 Å². The van der Waals surface area contributed by atoms with Gasteiger partial charge in [-0.05, 0) is 42.2 Å². The van der Waals surface area contributed by atoms with Crippen LogP contribution in [0, 0.1) is 0 Å². The van der Waals surface area contributed by atoms with Gasteiger partial charge in [0.15, 0.2) is 5.82 Å². The first kappa shape index (κ1) is 14.1. The van der Waals surface area contributed by atoms with E-state index in [2.05, 4.69) is 32.3 Å². The molecule has 2 amide bonds. The SMILES string of the molecule is CC(NC(=O)N1CCCC1c1ccsc1)c1nncn1C. The van der Waals surface area contributed by atoms with Crippen molar-refractivity contribution in [3.63, 3.8) is 0 Å². The smallest absolute Gasteiger partial charge is 0.318 e. The average molecular weight is 305 g/mol. The number of nitrogens with one attached hydrogen (secondary N) is 1. The zero-order valence-electron chi connectivity index (χ0n) is 12.2. The van der Waals surface area contributed by atoms with E-state index in [9.17, 15) is 4.79 Å². The average Bonchev–Trinajstić information content (AvgIpc) is 3.19. The Bertz CT molecular complexity index is 609. The number of aromatic nitrogens is 3. The van der Waals surface area contributed by atoms with E-state index < -0.39 is 0 Å². The Morgan fingerprint density at radius 3 is 3.10 bits per heavy atom. The third-order valence-corrected chi connectivity index (χ3v) is 4.62. The van der Waals surface area contributed by atoms with Crippen LogP contribution in [0.3, 0.4) is 0 Å². The summed E-state index contributed by atoms with van der Waals surface area (Å²) in [5, 5.41) is 15.1. The van der Waals surface area contributed by atoms with Crippen LogP contribution in [-0.4, -0.2) is 32.2 Å². The lowest BCUT2D eigenvalue weighted by atomic mass is 10.1. The van der Waals surface area contributed by atoms with E-state index in [-0.39, 0.29) is 18.1 Å². The van der Waals surface area contributed by atoms with Gasteiger partial charge in [0.25, 0.3) is 0 Å². The maximum absolute atomic E-state index is 12.5. The summed E-state index contributed by atoms with van der Waals surface area (Å²) < 4.78 is 1.82. The van der Waals surface area contributed by atoms with E-state index in [0.29, 0.717) is 0 Å². The number of aryl methyl sites for hydroxylation is 1. The quantitative estimate of drug-likeness (QED) is 0.947. The van der Waals surface area contributed by atoms with Crippen LogP contribution in [0.25, 0.3) is 0 Å². The standard InChI is InChI=1S/C14H19N5OS/c1-10(13-17-15-9-18(13)2)16-14(20)19-6-3-4-12(19)11-5-7-21-8-11/h5,7-10,12H,3-4,6H2,1-2H3,(H,16,20). The Morgan fingerprint density at radius 2 is 2.43 bits per heavy atom. The van der Waals surface area contributed by atoms with E-state index in [0.717, 1.165) is 25.2 Å². The number of carbonyl (C=O) groups is 1. The molecule has 2 aromatic heterocycles. The molecule has 3 heterocycles. The summed E-state index contributed by atoms with van der Waals surface area (Å²) in [5.41, 5.74) is 1.24. The number of hydrogen-bond donors (Lipinski definition) is 1. The molecular weight excluding hydrogens is 286 g/mol. The van der Waals surface area contributed by atoms with Gasteiger partial charge in [0.05, 0.1) is 12.1 Å². The number of rotatable bonds is 3. The number of likely N-dealkylation sites (tertiary alicyclic amines) is 1. The fourth-order valence-corrected chi connectivity index (χ4v) is 3.54. The van der Waals surface area contributed by atoms with E-state index in [1.165, 1.54) is 5.56 Å². The van der Waals surface area contributed by atoms with Gasteiger partial charge in [-0.2, -0.15) is 11.3 Å².